The minimum absolute atomic E-state index is 0.00212. The highest BCUT2D eigenvalue weighted by Gasteiger charge is 2.33. The molecule has 1 aromatic heterocycles. The monoisotopic (exact) mass is 817 g/mol. The van der Waals surface area contributed by atoms with Gasteiger partial charge in [0, 0.05) is 57.3 Å². The van der Waals surface area contributed by atoms with Crippen molar-refractivity contribution in [3.8, 4) is 0 Å². The number of aliphatic hydroxyl groups excluding tert-OH is 2. The van der Waals surface area contributed by atoms with Crippen LogP contribution in [0.4, 0.5) is 15.3 Å². The number of nitrogens with one attached hydrogen (secondary N) is 7. The summed E-state index contributed by atoms with van der Waals surface area (Å²) in [4.78, 5) is 62.7. The van der Waals surface area contributed by atoms with Crippen LogP contribution in [0.15, 0.2) is 36.8 Å². The number of hydrogen-bond acceptors (Lipinski definition) is 9. The third kappa shape index (κ3) is 15.9. The number of aromatic amines is 1. The van der Waals surface area contributed by atoms with Gasteiger partial charge in [-0.1, -0.05) is 51.2 Å². The van der Waals surface area contributed by atoms with Crippen molar-refractivity contribution in [1.29, 1.82) is 0 Å². The van der Waals surface area contributed by atoms with Crippen LogP contribution in [-0.2, 0) is 32.5 Å². The molecule has 2 aliphatic rings. The number of aromatic nitrogens is 2. The number of imidazole rings is 1. The van der Waals surface area contributed by atoms with E-state index in [4.69, 9.17) is 0 Å². The molecule has 4 rings (SSSR count). The maximum absolute atomic E-state index is 14.2. The van der Waals surface area contributed by atoms with Gasteiger partial charge in [-0.25, -0.2) is 27.7 Å². The Bertz CT molecular complexity index is 1650. The molecule has 9 N–H and O–H groups in total. The molecular weight excluding hydrogens is 755 g/mol. The summed E-state index contributed by atoms with van der Waals surface area (Å²) in [7, 11) is -3.58. The number of carbonyl (C=O) groups excluding carboxylic acids is 4. The van der Waals surface area contributed by atoms with Crippen LogP contribution in [-0.4, -0.2) is 120 Å². The molecule has 2 heterocycles. The number of nitrogens with zero attached hydrogens (tertiary/aromatic N) is 2. The smallest absolute Gasteiger partial charge is 0.319 e. The van der Waals surface area contributed by atoms with Gasteiger partial charge in [-0.05, 0) is 62.6 Å². The molecule has 0 spiro atoms. The van der Waals surface area contributed by atoms with Crippen molar-refractivity contribution in [2.24, 2.45) is 5.92 Å². The first-order chi connectivity index (χ1) is 27.3. The molecule has 1 saturated heterocycles. The van der Waals surface area contributed by atoms with Gasteiger partial charge >= 0.3 is 12.1 Å². The van der Waals surface area contributed by atoms with E-state index in [9.17, 15) is 37.8 Å². The molecule has 1 aliphatic carbocycles. The van der Waals surface area contributed by atoms with Gasteiger partial charge in [-0.3, -0.25) is 9.59 Å². The summed E-state index contributed by atoms with van der Waals surface area (Å²) in [5.74, 6) is -1.04. The standard InChI is InChI=1S/C39H63N9O8S/c1-3-19-57(55,56)43-25-31(49)23-35(50)32(20-27-11-7-5-8-12-27)45-37(52)34(22-30-24-40-26-42-30)46-36(51)33(47-39(54)48-17-9-6-10-18-48)21-28-13-15-29(16-14-28)44-38(53)41-4-2/h13-16,24,26-27,31-35,43,49-50H,3-12,17-23,25H2,1-2H3,(H,40,42)(H,45,52)(H,46,51)(H,47,54)(H2,41,44,53)/t31-,32+,33+,34+,35+/m1/s1. The highest BCUT2D eigenvalue weighted by Crippen LogP contribution is 2.29. The summed E-state index contributed by atoms with van der Waals surface area (Å²) in [5, 5.41) is 36.3. The van der Waals surface area contributed by atoms with Crippen molar-refractivity contribution in [2.75, 3.05) is 37.2 Å². The van der Waals surface area contributed by atoms with Gasteiger partial charge in [-0.2, -0.15) is 0 Å². The van der Waals surface area contributed by atoms with E-state index in [2.05, 4.69) is 41.3 Å². The largest absolute Gasteiger partial charge is 0.392 e. The number of hydrogen-bond donors (Lipinski definition) is 9. The number of amides is 6. The van der Waals surface area contributed by atoms with Gasteiger partial charge in [0.05, 0.1) is 36.0 Å². The molecule has 1 saturated carbocycles. The number of benzene rings is 1. The Morgan fingerprint density at radius 2 is 1.56 bits per heavy atom. The summed E-state index contributed by atoms with van der Waals surface area (Å²) >= 11 is 0. The highest BCUT2D eigenvalue weighted by molar-refractivity contribution is 7.89. The summed E-state index contributed by atoms with van der Waals surface area (Å²) in [6, 6.07) is 3.14. The topological polar surface area (TPSA) is 247 Å². The molecular formula is C39H63N9O8S. The zero-order valence-corrected chi connectivity index (χ0v) is 34.1. The van der Waals surface area contributed by atoms with Crippen molar-refractivity contribution < 1.29 is 37.8 Å². The maximum Gasteiger partial charge on any atom is 0.319 e. The van der Waals surface area contributed by atoms with Gasteiger partial charge in [0.2, 0.25) is 21.8 Å². The fraction of sp³-hybridized carbons (Fsp3) is 0.667. The molecule has 5 atom stereocenters. The number of likely N-dealkylation sites (tertiary alicyclic amines) is 1. The van der Waals surface area contributed by atoms with Gasteiger partial charge in [0.25, 0.3) is 0 Å². The zero-order valence-electron chi connectivity index (χ0n) is 33.3. The number of urea groups is 2. The second-order valence-corrected chi connectivity index (χ2v) is 17.2. The fourth-order valence-electron chi connectivity index (χ4n) is 7.40. The molecule has 0 radical (unpaired) electrons. The van der Waals surface area contributed by atoms with E-state index < -0.39 is 52.2 Å². The van der Waals surface area contributed by atoms with Crippen LogP contribution in [0.1, 0.15) is 95.7 Å². The van der Waals surface area contributed by atoms with Gasteiger partial charge in [-0.15, -0.1) is 0 Å². The summed E-state index contributed by atoms with van der Waals surface area (Å²) in [5.41, 5.74) is 1.75. The van der Waals surface area contributed by atoms with Crippen molar-refractivity contribution >= 4 is 39.6 Å². The summed E-state index contributed by atoms with van der Waals surface area (Å²) in [6.07, 6.45) is 9.14. The van der Waals surface area contributed by atoms with Crippen LogP contribution in [0.5, 0.6) is 0 Å². The normalized spacial score (nSPS) is 17.7. The van der Waals surface area contributed by atoms with E-state index >= 15 is 0 Å². The first-order valence-electron chi connectivity index (χ1n) is 20.5. The lowest BCUT2D eigenvalue weighted by Gasteiger charge is -2.32. The number of piperidine rings is 1. The lowest BCUT2D eigenvalue weighted by molar-refractivity contribution is -0.131. The summed E-state index contributed by atoms with van der Waals surface area (Å²) in [6.45, 7) is 4.86. The number of carbonyl (C=O) groups is 4. The molecule has 17 nitrogen and oxygen atoms in total. The molecule has 6 amide bonds. The molecule has 57 heavy (non-hydrogen) atoms. The number of aliphatic hydroxyl groups is 2. The quantitative estimate of drug-likeness (QED) is 0.0896. The maximum atomic E-state index is 14.2. The molecule has 1 aromatic carbocycles. The zero-order chi connectivity index (χ0) is 41.2. The van der Waals surface area contributed by atoms with Crippen LogP contribution in [0.2, 0.25) is 0 Å². The van der Waals surface area contributed by atoms with Crippen molar-refractivity contribution in [3.63, 3.8) is 0 Å². The first kappa shape index (κ1) is 45.4. The van der Waals surface area contributed by atoms with E-state index in [1.165, 1.54) is 6.33 Å². The minimum Gasteiger partial charge on any atom is -0.392 e. The lowest BCUT2D eigenvalue weighted by atomic mass is 9.83. The van der Waals surface area contributed by atoms with Crippen LogP contribution >= 0.6 is 0 Å². The predicted molar refractivity (Wildman–Crippen MR) is 217 cm³/mol. The van der Waals surface area contributed by atoms with E-state index in [0.29, 0.717) is 49.4 Å². The fourth-order valence-corrected chi connectivity index (χ4v) is 8.53. The number of sulfonamides is 1. The summed E-state index contributed by atoms with van der Waals surface area (Å²) < 4.78 is 26.8. The molecule has 0 unspecified atom stereocenters. The first-order valence-corrected chi connectivity index (χ1v) is 22.1. The van der Waals surface area contributed by atoms with Gasteiger partial charge in [0.1, 0.15) is 12.1 Å². The van der Waals surface area contributed by atoms with Crippen LogP contribution < -0.4 is 31.3 Å². The molecule has 1 aliphatic heterocycles. The van der Waals surface area contributed by atoms with Crippen LogP contribution in [0.25, 0.3) is 0 Å². The van der Waals surface area contributed by atoms with E-state index in [1.54, 1.807) is 42.3 Å². The minimum atomic E-state index is -3.58. The van der Waals surface area contributed by atoms with Crippen molar-refractivity contribution in [3.05, 3.63) is 48.0 Å². The van der Waals surface area contributed by atoms with Crippen LogP contribution in [0.3, 0.4) is 0 Å². The van der Waals surface area contributed by atoms with Gasteiger partial charge in [0.15, 0.2) is 0 Å². The molecule has 18 heteroatoms. The van der Waals surface area contributed by atoms with Crippen LogP contribution in [0, 0.1) is 5.92 Å². The third-order valence-electron chi connectivity index (χ3n) is 10.5. The second kappa shape index (κ2) is 23.2. The number of anilines is 1. The predicted octanol–water partition coefficient (Wildman–Crippen LogP) is 2.28. The Balaban J connectivity index is 1.53. The van der Waals surface area contributed by atoms with Crippen molar-refractivity contribution in [1.82, 2.24) is 40.9 Å². The average molecular weight is 818 g/mol. The Labute approximate surface area is 336 Å². The third-order valence-corrected chi connectivity index (χ3v) is 12.0. The SMILES string of the molecule is CCCS(=O)(=O)NC[C@H](O)C[C@H](O)[C@H](CC1CCCCC1)NC(=O)[C@H](Cc1c[nH]cn1)NC(=O)[C@H](Cc1ccc(NC(=O)NCC)cc1)NC(=O)N1CCCCC1. The number of H-pyrrole nitrogens is 1. The van der Waals surface area contributed by atoms with E-state index in [1.807, 2.05) is 6.92 Å². The molecule has 2 aromatic rings. The average Bonchev–Trinajstić information content (AvgIpc) is 3.71. The second-order valence-electron chi connectivity index (χ2n) is 15.2. The lowest BCUT2D eigenvalue weighted by Crippen LogP contribution is -2.58. The molecule has 318 valence electrons. The molecule has 2 fully saturated rings. The Morgan fingerprint density at radius 1 is 0.895 bits per heavy atom. The van der Waals surface area contributed by atoms with Gasteiger partial charge < -0.3 is 46.7 Å². The Morgan fingerprint density at radius 3 is 2.21 bits per heavy atom. The Hall–Kier alpha value is -4.26. The molecule has 0 bridgehead atoms. The van der Waals surface area contributed by atoms with E-state index in [-0.39, 0.29) is 49.5 Å². The van der Waals surface area contributed by atoms with Crippen molar-refractivity contribution in [2.45, 2.75) is 128 Å². The Kier molecular flexibility index (Phi) is 18.5. The highest BCUT2D eigenvalue weighted by atomic mass is 32.2. The van der Waals surface area contributed by atoms with E-state index in [0.717, 1.165) is 51.4 Å². The number of rotatable bonds is 21.